The fourth-order valence-electron chi connectivity index (χ4n) is 3.88. The molecule has 0 nitrogen and oxygen atoms in total. The van der Waals surface area contributed by atoms with Gasteiger partial charge in [-0.25, -0.2) is 0 Å². The molecule has 0 aliphatic heterocycles. The third-order valence-electron chi connectivity index (χ3n) is 5.39. The predicted octanol–water partition coefficient (Wildman–Crippen LogP) is 7.04. The molecule has 114 valence electrons. The maximum absolute atomic E-state index is 2.55. The SMILES string of the molecule is CC1(c2cc3ccccc3[pH]2)CCCCCCCCCC1. The lowest BCUT2D eigenvalue weighted by molar-refractivity contribution is 0.377. The van der Waals surface area contributed by atoms with Crippen molar-refractivity contribution in [2.24, 2.45) is 0 Å². The normalized spacial score (nSPS) is 21.4. The summed E-state index contributed by atoms with van der Waals surface area (Å²) in [5, 5.41) is 4.80. The van der Waals surface area contributed by atoms with Crippen molar-refractivity contribution in [3.63, 3.8) is 0 Å². The number of hydrogen-bond donors (Lipinski definition) is 0. The van der Waals surface area contributed by atoms with E-state index in [9.17, 15) is 0 Å². The molecule has 1 heterocycles. The molecule has 3 rings (SSSR count). The Balaban J connectivity index is 1.83. The molecule has 1 atom stereocenters. The summed E-state index contributed by atoms with van der Waals surface area (Å²) < 4.78 is 0. The minimum absolute atomic E-state index is 0.460. The molecule has 1 saturated carbocycles. The van der Waals surface area contributed by atoms with Crippen molar-refractivity contribution in [2.75, 3.05) is 0 Å². The molecule has 0 saturated heterocycles. The molecule has 0 radical (unpaired) electrons. The number of benzene rings is 1. The Morgan fingerprint density at radius 1 is 0.810 bits per heavy atom. The van der Waals surface area contributed by atoms with Gasteiger partial charge in [-0.05, 0) is 40.1 Å². The molecule has 1 aromatic carbocycles. The van der Waals surface area contributed by atoms with E-state index in [1.807, 2.05) is 0 Å². The van der Waals surface area contributed by atoms with E-state index in [-0.39, 0.29) is 0 Å². The summed E-state index contributed by atoms with van der Waals surface area (Å²) in [6.07, 6.45) is 14.4. The van der Waals surface area contributed by atoms with Crippen molar-refractivity contribution in [3.05, 3.63) is 35.6 Å². The van der Waals surface area contributed by atoms with Crippen LogP contribution >= 0.6 is 8.19 Å². The lowest BCUT2D eigenvalue weighted by Gasteiger charge is -2.29. The first-order chi connectivity index (χ1) is 10.3. The molecule has 21 heavy (non-hydrogen) atoms. The Bertz CT molecular complexity index is 521. The molecule has 0 spiro atoms. The second-order valence-electron chi connectivity index (χ2n) is 7.16. The van der Waals surface area contributed by atoms with E-state index in [0.717, 1.165) is 8.19 Å². The minimum atomic E-state index is 0.460. The zero-order chi connectivity index (χ0) is 14.5. The second kappa shape index (κ2) is 7.01. The van der Waals surface area contributed by atoms with Crippen LogP contribution in [0.1, 0.15) is 76.4 Å². The van der Waals surface area contributed by atoms with Gasteiger partial charge in [0.15, 0.2) is 0 Å². The summed E-state index contributed by atoms with van der Waals surface area (Å²) in [6, 6.07) is 11.5. The molecular formula is C20H29P. The van der Waals surface area contributed by atoms with Gasteiger partial charge in [-0.15, -0.1) is 8.19 Å². The maximum Gasteiger partial charge on any atom is -0.00154 e. The van der Waals surface area contributed by atoms with Crippen molar-refractivity contribution in [3.8, 4) is 0 Å². The predicted molar refractivity (Wildman–Crippen MR) is 97.0 cm³/mol. The largest absolute Gasteiger partial charge is 0.128 e. The molecule has 1 unspecified atom stereocenters. The zero-order valence-corrected chi connectivity index (χ0v) is 14.5. The molecule has 1 aliphatic carbocycles. The molecule has 1 aliphatic rings. The van der Waals surface area contributed by atoms with E-state index < -0.39 is 0 Å². The van der Waals surface area contributed by atoms with Crippen LogP contribution in [0.5, 0.6) is 0 Å². The van der Waals surface area contributed by atoms with Crippen molar-refractivity contribution in [1.29, 1.82) is 0 Å². The van der Waals surface area contributed by atoms with Gasteiger partial charge in [-0.2, -0.15) is 0 Å². The van der Waals surface area contributed by atoms with E-state index in [2.05, 4.69) is 37.3 Å². The Morgan fingerprint density at radius 3 is 2.00 bits per heavy atom. The molecular weight excluding hydrogens is 271 g/mol. The summed E-state index contributed by atoms with van der Waals surface area (Å²) in [5.41, 5.74) is 0.460. The highest BCUT2D eigenvalue weighted by molar-refractivity contribution is 7.38. The Morgan fingerprint density at radius 2 is 1.38 bits per heavy atom. The summed E-state index contributed by atoms with van der Waals surface area (Å²) in [6.45, 7) is 2.55. The van der Waals surface area contributed by atoms with Gasteiger partial charge in [0, 0.05) is 0 Å². The van der Waals surface area contributed by atoms with Crippen LogP contribution in [0.4, 0.5) is 0 Å². The van der Waals surface area contributed by atoms with Gasteiger partial charge in [0.2, 0.25) is 0 Å². The minimum Gasteiger partial charge on any atom is -0.128 e. The average Bonchev–Trinajstić information content (AvgIpc) is 2.91. The van der Waals surface area contributed by atoms with E-state index >= 15 is 0 Å². The maximum atomic E-state index is 2.55. The lowest BCUT2D eigenvalue weighted by atomic mass is 9.78. The molecule has 1 aromatic heterocycles. The number of hydrogen-bond acceptors (Lipinski definition) is 0. The van der Waals surface area contributed by atoms with Crippen LogP contribution in [0.2, 0.25) is 0 Å². The highest BCUT2D eigenvalue weighted by Gasteiger charge is 2.27. The number of rotatable bonds is 1. The van der Waals surface area contributed by atoms with Crippen molar-refractivity contribution in [2.45, 2.75) is 76.5 Å². The lowest BCUT2D eigenvalue weighted by Crippen LogP contribution is -2.20. The van der Waals surface area contributed by atoms with Crippen LogP contribution in [0, 0.1) is 0 Å². The molecule has 2 aromatic rings. The van der Waals surface area contributed by atoms with Crippen LogP contribution in [-0.4, -0.2) is 0 Å². The van der Waals surface area contributed by atoms with Crippen molar-refractivity contribution in [1.82, 2.24) is 0 Å². The molecule has 0 N–H and O–H groups in total. The van der Waals surface area contributed by atoms with Crippen molar-refractivity contribution >= 4 is 18.7 Å². The van der Waals surface area contributed by atoms with E-state index in [1.165, 1.54) is 69.6 Å². The first-order valence-corrected chi connectivity index (χ1v) is 9.86. The fourth-order valence-corrected chi connectivity index (χ4v) is 5.43. The topological polar surface area (TPSA) is 0 Å². The third-order valence-corrected chi connectivity index (χ3v) is 7.13. The molecule has 0 bridgehead atoms. The average molecular weight is 300 g/mol. The van der Waals surface area contributed by atoms with E-state index in [4.69, 9.17) is 0 Å². The van der Waals surface area contributed by atoms with E-state index in [0.29, 0.717) is 5.41 Å². The monoisotopic (exact) mass is 300 g/mol. The zero-order valence-electron chi connectivity index (χ0n) is 13.5. The first kappa shape index (κ1) is 15.2. The summed E-state index contributed by atoms with van der Waals surface area (Å²) in [7, 11) is 0.923. The first-order valence-electron chi connectivity index (χ1n) is 8.86. The van der Waals surface area contributed by atoms with Gasteiger partial charge >= 0.3 is 0 Å². The Kier molecular flexibility index (Phi) is 5.07. The highest BCUT2D eigenvalue weighted by Crippen LogP contribution is 2.44. The van der Waals surface area contributed by atoms with E-state index in [1.54, 1.807) is 10.4 Å². The molecule has 1 heteroatoms. The Labute approximate surface area is 131 Å². The summed E-state index contributed by atoms with van der Waals surface area (Å²) in [4.78, 5) is 0. The van der Waals surface area contributed by atoms with Crippen LogP contribution in [-0.2, 0) is 5.41 Å². The standard InChI is InChI=1S/C20H29P/c1-20(14-10-6-4-2-3-5-7-11-15-20)19-16-17-12-8-9-13-18(17)21-19/h8-9,12-13,16,21H,2-7,10-11,14-15H2,1H3. The van der Waals surface area contributed by atoms with Gasteiger partial charge < -0.3 is 0 Å². The Hall–Kier alpha value is -0.740. The van der Waals surface area contributed by atoms with Gasteiger partial charge in [-0.1, -0.05) is 82.6 Å². The third kappa shape index (κ3) is 3.72. The quantitative estimate of drug-likeness (QED) is 0.529. The number of fused-ring (bicyclic) bond motifs is 1. The highest BCUT2D eigenvalue weighted by atomic mass is 31.0. The smallest absolute Gasteiger partial charge is 0.00154 e. The summed E-state index contributed by atoms with van der Waals surface area (Å²) in [5.74, 6) is 0. The molecule has 0 amide bonds. The van der Waals surface area contributed by atoms with Crippen LogP contribution < -0.4 is 0 Å². The second-order valence-corrected chi connectivity index (χ2v) is 8.49. The fraction of sp³-hybridized carbons (Fsp3) is 0.600. The van der Waals surface area contributed by atoms with Crippen molar-refractivity contribution < 1.29 is 0 Å². The summed E-state index contributed by atoms with van der Waals surface area (Å²) >= 11 is 0. The van der Waals surface area contributed by atoms with Gasteiger partial charge in [0.1, 0.15) is 0 Å². The van der Waals surface area contributed by atoms with Crippen LogP contribution in [0.25, 0.3) is 10.5 Å². The van der Waals surface area contributed by atoms with Crippen LogP contribution in [0.15, 0.2) is 30.3 Å². The molecule has 1 fully saturated rings. The van der Waals surface area contributed by atoms with Gasteiger partial charge in [0.25, 0.3) is 0 Å². The van der Waals surface area contributed by atoms with Gasteiger partial charge in [-0.3, -0.25) is 0 Å². The van der Waals surface area contributed by atoms with Crippen LogP contribution in [0.3, 0.4) is 0 Å². The van der Waals surface area contributed by atoms with Gasteiger partial charge in [0.05, 0.1) is 0 Å².